The third-order valence-corrected chi connectivity index (χ3v) is 7.46. The van der Waals surface area contributed by atoms with Crippen molar-refractivity contribution < 1.29 is 9.53 Å². The van der Waals surface area contributed by atoms with Gasteiger partial charge < -0.3 is 9.64 Å². The van der Waals surface area contributed by atoms with Gasteiger partial charge in [-0.05, 0) is 84.7 Å². The van der Waals surface area contributed by atoms with Crippen molar-refractivity contribution in [2.75, 3.05) is 19.7 Å². The van der Waals surface area contributed by atoms with Crippen LogP contribution in [0.25, 0.3) is 11.1 Å². The second kappa shape index (κ2) is 7.56. The number of amides is 1. The van der Waals surface area contributed by atoms with Gasteiger partial charge in [-0.1, -0.05) is 30.3 Å². The fourth-order valence-electron chi connectivity index (χ4n) is 5.42. The standard InChI is InChI=1S/C26H28N2O2/c1-18-4-5-19(17-27)15-22(18)20-6-8-21(9-7-20)23-16-26(23)10-12-28(13-11-26)25(29)24-3-2-14-30-24/h4-9,15,23-24H,2-3,10-14,16H2,1H3. The molecule has 2 aromatic rings. The first-order valence-electron chi connectivity index (χ1n) is 11.1. The van der Waals surface area contributed by atoms with E-state index in [4.69, 9.17) is 4.74 Å². The van der Waals surface area contributed by atoms with Crippen LogP contribution in [-0.4, -0.2) is 36.6 Å². The van der Waals surface area contributed by atoms with Crippen molar-refractivity contribution in [1.29, 1.82) is 5.26 Å². The fraction of sp³-hybridized carbons (Fsp3) is 0.462. The molecule has 1 amide bonds. The first-order chi connectivity index (χ1) is 14.6. The van der Waals surface area contributed by atoms with E-state index < -0.39 is 0 Å². The quantitative estimate of drug-likeness (QED) is 0.743. The molecule has 2 aromatic carbocycles. The maximum absolute atomic E-state index is 12.6. The number of benzene rings is 2. The molecular formula is C26H28N2O2. The van der Waals surface area contributed by atoms with Crippen LogP contribution in [-0.2, 0) is 9.53 Å². The predicted molar refractivity (Wildman–Crippen MR) is 116 cm³/mol. The fourth-order valence-corrected chi connectivity index (χ4v) is 5.42. The zero-order valence-electron chi connectivity index (χ0n) is 17.6. The molecule has 2 saturated heterocycles. The van der Waals surface area contributed by atoms with Crippen LogP contribution in [0.4, 0.5) is 0 Å². The van der Waals surface area contributed by atoms with Gasteiger partial charge in [0.05, 0.1) is 11.6 Å². The summed E-state index contributed by atoms with van der Waals surface area (Å²) in [4.78, 5) is 14.6. The average molecular weight is 401 g/mol. The van der Waals surface area contributed by atoms with Crippen LogP contribution in [0.2, 0.25) is 0 Å². The number of carbonyl (C=O) groups is 1. The van der Waals surface area contributed by atoms with E-state index in [0.717, 1.165) is 50.9 Å². The molecule has 4 nitrogen and oxygen atoms in total. The number of carbonyl (C=O) groups excluding carboxylic acids is 1. The number of ether oxygens (including phenoxy) is 1. The van der Waals surface area contributed by atoms with Crippen LogP contribution in [0.15, 0.2) is 42.5 Å². The van der Waals surface area contributed by atoms with Crippen LogP contribution >= 0.6 is 0 Å². The van der Waals surface area contributed by atoms with Gasteiger partial charge in [0.2, 0.25) is 0 Å². The Morgan fingerprint density at radius 2 is 1.93 bits per heavy atom. The smallest absolute Gasteiger partial charge is 0.251 e. The third-order valence-electron chi connectivity index (χ3n) is 7.46. The molecule has 1 saturated carbocycles. The summed E-state index contributed by atoms with van der Waals surface area (Å²) in [7, 11) is 0. The minimum atomic E-state index is -0.190. The van der Waals surface area contributed by atoms with Crippen LogP contribution in [0.1, 0.15) is 54.7 Å². The minimum Gasteiger partial charge on any atom is -0.368 e. The summed E-state index contributed by atoms with van der Waals surface area (Å²) in [6.07, 6.45) is 5.13. The summed E-state index contributed by atoms with van der Waals surface area (Å²) in [5, 5.41) is 9.20. The number of piperidine rings is 1. The highest BCUT2D eigenvalue weighted by Gasteiger charge is 2.55. The summed E-state index contributed by atoms with van der Waals surface area (Å²) >= 11 is 0. The molecule has 2 aliphatic heterocycles. The second-order valence-electron chi connectivity index (χ2n) is 9.21. The van der Waals surface area contributed by atoms with Crippen molar-refractivity contribution in [1.82, 2.24) is 4.90 Å². The molecule has 3 fully saturated rings. The van der Waals surface area contributed by atoms with Crippen molar-refractivity contribution in [3.8, 4) is 17.2 Å². The molecule has 2 heterocycles. The normalized spacial score (nSPS) is 24.6. The monoisotopic (exact) mass is 400 g/mol. The molecule has 5 rings (SSSR count). The largest absolute Gasteiger partial charge is 0.368 e. The molecule has 2 unspecified atom stereocenters. The van der Waals surface area contributed by atoms with Gasteiger partial charge in [0, 0.05) is 19.7 Å². The lowest BCUT2D eigenvalue weighted by Gasteiger charge is -2.34. The van der Waals surface area contributed by atoms with Gasteiger partial charge in [-0.25, -0.2) is 0 Å². The molecule has 0 radical (unpaired) electrons. The van der Waals surface area contributed by atoms with Gasteiger partial charge >= 0.3 is 0 Å². The Balaban J connectivity index is 1.24. The van der Waals surface area contributed by atoms with E-state index in [1.807, 2.05) is 23.1 Å². The zero-order chi connectivity index (χ0) is 20.7. The van der Waals surface area contributed by atoms with E-state index in [9.17, 15) is 10.1 Å². The van der Waals surface area contributed by atoms with Crippen LogP contribution < -0.4 is 0 Å². The Labute approximate surface area is 178 Å². The van der Waals surface area contributed by atoms with Crippen molar-refractivity contribution in [2.24, 2.45) is 5.41 Å². The van der Waals surface area contributed by atoms with Crippen molar-refractivity contribution in [2.45, 2.75) is 51.0 Å². The Bertz CT molecular complexity index is 991. The van der Waals surface area contributed by atoms with E-state index in [0.29, 0.717) is 16.9 Å². The first-order valence-corrected chi connectivity index (χ1v) is 11.1. The predicted octanol–water partition coefficient (Wildman–Crippen LogP) is 4.81. The van der Waals surface area contributed by atoms with Crippen LogP contribution in [0.5, 0.6) is 0 Å². The van der Waals surface area contributed by atoms with Gasteiger partial charge in [0.15, 0.2) is 0 Å². The number of aryl methyl sites for hydroxylation is 1. The van der Waals surface area contributed by atoms with Gasteiger partial charge in [0.1, 0.15) is 6.10 Å². The van der Waals surface area contributed by atoms with Crippen LogP contribution in [0, 0.1) is 23.7 Å². The number of hydrogen-bond donors (Lipinski definition) is 0. The Morgan fingerprint density at radius 1 is 1.17 bits per heavy atom. The highest BCUT2D eigenvalue weighted by Crippen LogP contribution is 2.65. The Hall–Kier alpha value is -2.64. The van der Waals surface area contributed by atoms with E-state index in [1.165, 1.54) is 23.1 Å². The summed E-state index contributed by atoms with van der Waals surface area (Å²) < 4.78 is 5.59. The lowest BCUT2D eigenvalue weighted by molar-refractivity contribution is -0.142. The van der Waals surface area contributed by atoms with Gasteiger partial charge in [-0.3, -0.25) is 4.79 Å². The summed E-state index contributed by atoms with van der Waals surface area (Å²) in [5.41, 5.74) is 5.97. The second-order valence-corrected chi connectivity index (χ2v) is 9.21. The summed E-state index contributed by atoms with van der Waals surface area (Å²) in [6, 6.07) is 17.0. The molecule has 1 aliphatic carbocycles. The number of rotatable bonds is 3. The molecule has 0 bridgehead atoms. The van der Waals surface area contributed by atoms with E-state index in [2.05, 4.69) is 37.3 Å². The zero-order valence-corrected chi connectivity index (χ0v) is 17.6. The van der Waals surface area contributed by atoms with Gasteiger partial charge in [-0.2, -0.15) is 5.26 Å². The van der Waals surface area contributed by atoms with E-state index >= 15 is 0 Å². The SMILES string of the molecule is Cc1ccc(C#N)cc1-c1ccc(C2CC23CCN(C(=O)C2CCCO2)CC3)cc1. The molecule has 2 atom stereocenters. The number of hydrogen-bond acceptors (Lipinski definition) is 3. The van der Waals surface area contributed by atoms with E-state index in [1.54, 1.807) is 0 Å². The molecule has 4 heteroatoms. The lowest BCUT2D eigenvalue weighted by Crippen LogP contribution is -2.44. The number of nitriles is 1. The highest BCUT2D eigenvalue weighted by molar-refractivity contribution is 5.81. The maximum Gasteiger partial charge on any atom is 0.251 e. The van der Waals surface area contributed by atoms with Crippen molar-refractivity contribution in [3.05, 3.63) is 59.2 Å². The Morgan fingerprint density at radius 3 is 2.60 bits per heavy atom. The average Bonchev–Trinajstić information content (AvgIpc) is 3.21. The maximum atomic E-state index is 12.6. The van der Waals surface area contributed by atoms with E-state index in [-0.39, 0.29) is 12.0 Å². The van der Waals surface area contributed by atoms with Crippen molar-refractivity contribution in [3.63, 3.8) is 0 Å². The Kier molecular flexibility index (Phi) is 4.87. The molecule has 0 aromatic heterocycles. The van der Waals surface area contributed by atoms with Crippen molar-refractivity contribution >= 4 is 5.91 Å². The first kappa shape index (κ1) is 19.3. The topological polar surface area (TPSA) is 53.3 Å². The minimum absolute atomic E-state index is 0.190. The third kappa shape index (κ3) is 3.42. The molecule has 0 N–H and O–H groups in total. The lowest BCUT2D eigenvalue weighted by atomic mass is 9.88. The molecule has 154 valence electrons. The van der Waals surface area contributed by atoms with Crippen LogP contribution in [0.3, 0.4) is 0 Å². The number of likely N-dealkylation sites (tertiary alicyclic amines) is 1. The number of nitrogens with zero attached hydrogens (tertiary/aromatic N) is 2. The summed E-state index contributed by atoms with van der Waals surface area (Å²) in [5.74, 6) is 0.817. The summed E-state index contributed by atoms with van der Waals surface area (Å²) in [6.45, 7) is 4.55. The molecular weight excluding hydrogens is 372 g/mol. The molecule has 3 aliphatic rings. The van der Waals surface area contributed by atoms with Gasteiger partial charge in [-0.15, -0.1) is 0 Å². The highest BCUT2D eigenvalue weighted by atomic mass is 16.5. The molecule has 1 spiro atoms. The molecule has 30 heavy (non-hydrogen) atoms. The van der Waals surface area contributed by atoms with Gasteiger partial charge in [0.25, 0.3) is 5.91 Å².